The largest absolute Gasteiger partial charge is 0.461 e. The predicted octanol–water partition coefficient (Wildman–Crippen LogP) is 2.74. The van der Waals surface area contributed by atoms with Gasteiger partial charge in [-0.1, -0.05) is 6.07 Å². The van der Waals surface area contributed by atoms with Gasteiger partial charge in [0.1, 0.15) is 5.69 Å². The van der Waals surface area contributed by atoms with Crippen LogP contribution in [0.5, 0.6) is 0 Å². The van der Waals surface area contributed by atoms with Crippen molar-refractivity contribution >= 4 is 34.2 Å². The van der Waals surface area contributed by atoms with Gasteiger partial charge >= 0.3 is 5.97 Å². The number of anilines is 1. The Balaban J connectivity index is 2.29. The van der Waals surface area contributed by atoms with Crippen molar-refractivity contribution in [3.8, 4) is 11.3 Å². The van der Waals surface area contributed by atoms with Crippen LogP contribution < -0.4 is 5.73 Å². The van der Waals surface area contributed by atoms with Gasteiger partial charge in [-0.25, -0.2) is 14.8 Å². The van der Waals surface area contributed by atoms with Crippen LogP contribution in [-0.4, -0.2) is 32.7 Å². The molecule has 7 nitrogen and oxygen atoms in total. The number of H-pyrrole nitrogens is 1. The maximum absolute atomic E-state index is 12.0. The Morgan fingerprint density at radius 1 is 1.39 bits per heavy atom. The van der Waals surface area contributed by atoms with Crippen molar-refractivity contribution in [3.05, 3.63) is 34.9 Å². The molecular formula is C15H14ClN5O2. The number of aromatic amines is 1. The van der Waals surface area contributed by atoms with Gasteiger partial charge in [0, 0.05) is 10.9 Å². The SMILES string of the molecule is CCOC(=O)c1nc(Cl)nc(-c2c(C)ccc3[nH]ncc23)c1N. The van der Waals surface area contributed by atoms with Crippen LogP contribution in [-0.2, 0) is 4.74 Å². The van der Waals surface area contributed by atoms with Crippen molar-refractivity contribution in [2.24, 2.45) is 0 Å². The third-order valence-electron chi connectivity index (χ3n) is 3.46. The highest BCUT2D eigenvalue weighted by atomic mass is 35.5. The fourth-order valence-electron chi connectivity index (χ4n) is 2.43. The number of carbonyl (C=O) groups excluding carboxylic acids is 1. The molecule has 3 rings (SSSR count). The lowest BCUT2D eigenvalue weighted by Crippen LogP contribution is -2.13. The third kappa shape index (κ3) is 2.59. The summed E-state index contributed by atoms with van der Waals surface area (Å²) in [5, 5.41) is 7.69. The molecule has 118 valence electrons. The molecule has 0 radical (unpaired) electrons. The Hall–Kier alpha value is -2.67. The first-order valence-corrected chi connectivity index (χ1v) is 7.34. The number of esters is 1. The second-order valence-electron chi connectivity index (χ2n) is 4.91. The van der Waals surface area contributed by atoms with Gasteiger partial charge < -0.3 is 10.5 Å². The summed E-state index contributed by atoms with van der Waals surface area (Å²) in [6.07, 6.45) is 1.68. The van der Waals surface area contributed by atoms with E-state index in [1.54, 1.807) is 13.1 Å². The van der Waals surface area contributed by atoms with Gasteiger partial charge in [-0.3, -0.25) is 5.10 Å². The number of fused-ring (bicyclic) bond motifs is 1. The molecule has 3 aromatic rings. The summed E-state index contributed by atoms with van der Waals surface area (Å²) in [4.78, 5) is 20.2. The van der Waals surface area contributed by atoms with Crippen LogP contribution in [0.3, 0.4) is 0 Å². The van der Waals surface area contributed by atoms with Crippen LogP contribution >= 0.6 is 11.6 Å². The Morgan fingerprint density at radius 3 is 2.91 bits per heavy atom. The lowest BCUT2D eigenvalue weighted by Gasteiger charge is -2.12. The zero-order chi connectivity index (χ0) is 16.6. The summed E-state index contributed by atoms with van der Waals surface area (Å²) >= 11 is 5.98. The lowest BCUT2D eigenvalue weighted by molar-refractivity contribution is 0.0520. The number of aromatic nitrogens is 4. The number of nitrogens with one attached hydrogen (secondary N) is 1. The number of carbonyl (C=O) groups is 1. The zero-order valence-electron chi connectivity index (χ0n) is 12.6. The van der Waals surface area contributed by atoms with Crippen LogP contribution in [0, 0.1) is 6.92 Å². The molecule has 0 bridgehead atoms. The van der Waals surface area contributed by atoms with E-state index in [0.29, 0.717) is 5.69 Å². The number of hydrogen-bond acceptors (Lipinski definition) is 6. The Labute approximate surface area is 136 Å². The molecule has 2 heterocycles. The average Bonchev–Trinajstić information content (AvgIpc) is 2.98. The number of aryl methyl sites for hydroxylation is 1. The first kappa shape index (κ1) is 15.2. The summed E-state index contributed by atoms with van der Waals surface area (Å²) in [5.41, 5.74) is 9.12. The minimum absolute atomic E-state index is 0.0400. The van der Waals surface area contributed by atoms with Crippen LogP contribution in [0.25, 0.3) is 22.2 Å². The molecule has 0 aliphatic carbocycles. The van der Waals surface area contributed by atoms with Crippen molar-refractivity contribution in [1.82, 2.24) is 20.2 Å². The maximum Gasteiger partial charge on any atom is 0.359 e. The number of halogens is 1. The maximum atomic E-state index is 12.0. The van der Waals surface area contributed by atoms with Crippen LogP contribution in [0.15, 0.2) is 18.3 Å². The first-order valence-electron chi connectivity index (χ1n) is 6.96. The van der Waals surface area contributed by atoms with E-state index in [1.807, 2.05) is 19.1 Å². The quantitative estimate of drug-likeness (QED) is 0.564. The van der Waals surface area contributed by atoms with Gasteiger partial charge in [0.25, 0.3) is 0 Å². The monoisotopic (exact) mass is 331 g/mol. The minimum atomic E-state index is -0.632. The van der Waals surface area contributed by atoms with Crippen LogP contribution in [0.4, 0.5) is 5.69 Å². The van der Waals surface area contributed by atoms with Crippen molar-refractivity contribution in [3.63, 3.8) is 0 Å². The normalized spacial score (nSPS) is 10.9. The average molecular weight is 332 g/mol. The molecule has 0 amide bonds. The molecule has 8 heteroatoms. The summed E-state index contributed by atoms with van der Waals surface area (Å²) in [5.74, 6) is -0.632. The van der Waals surface area contributed by atoms with Crippen molar-refractivity contribution in [2.45, 2.75) is 13.8 Å². The van der Waals surface area contributed by atoms with Gasteiger partial charge in [-0.05, 0) is 37.1 Å². The van der Waals surface area contributed by atoms with E-state index in [-0.39, 0.29) is 23.3 Å². The van der Waals surface area contributed by atoms with Crippen molar-refractivity contribution in [1.29, 1.82) is 0 Å². The van der Waals surface area contributed by atoms with E-state index in [9.17, 15) is 4.79 Å². The number of nitrogens with zero attached hydrogens (tertiary/aromatic N) is 3. The fraction of sp³-hybridized carbons (Fsp3) is 0.200. The Morgan fingerprint density at radius 2 is 2.17 bits per heavy atom. The van der Waals surface area contributed by atoms with Gasteiger partial charge in [0.05, 0.1) is 24.0 Å². The second kappa shape index (κ2) is 5.85. The molecule has 0 saturated heterocycles. The molecule has 1 aromatic carbocycles. The molecule has 0 unspecified atom stereocenters. The van der Waals surface area contributed by atoms with Crippen molar-refractivity contribution in [2.75, 3.05) is 12.3 Å². The lowest BCUT2D eigenvalue weighted by atomic mass is 9.99. The van der Waals surface area contributed by atoms with Crippen molar-refractivity contribution < 1.29 is 9.53 Å². The highest BCUT2D eigenvalue weighted by Crippen LogP contribution is 2.35. The number of ether oxygens (including phenoxy) is 1. The summed E-state index contributed by atoms with van der Waals surface area (Å²) in [6, 6.07) is 3.82. The number of nitrogen functional groups attached to an aromatic ring is 1. The van der Waals surface area contributed by atoms with E-state index in [0.717, 1.165) is 22.0 Å². The smallest absolute Gasteiger partial charge is 0.359 e. The molecule has 23 heavy (non-hydrogen) atoms. The van der Waals surface area contributed by atoms with Crippen LogP contribution in [0.1, 0.15) is 23.0 Å². The van der Waals surface area contributed by atoms with E-state index in [2.05, 4.69) is 20.2 Å². The second-order valence-corrected chi connectivity index (χ2v) is 5.25. The van der Waals surface area contributed by atoms with E-state index >= 15 is 0 Å². The highest BCUT2D eigenvalue weighted by Gasteiger charge is 2.22. The summed E-state index contributed by atoms with van der Waals surface area (Å²) < 4.78 is 4.97. The first-order chi connectivity index (χ1) is 11.0. The number of nitrogens with two attached hydrogens (primary N) is 1. The molecule has 3 N–H and O–H groups in total. The van der Waals surface area contributed by atoms with Gasteiger partial charge in [0.15, 0.2) is 5.69 Å². The number of hydrogen-bond donors (Lipinski definition) is 2. The third-order valence-corrected chi connectivity index (χ3v) is 3.63. The topological polar surface area (TPSA) is 107 Å². The van der Waals surface area contributed by atoms with Gasteiger partial charge in [-0.15, -0.1) is 0 Å². The standard InChI is InChI=1S/C15H14ClN5O2/c1-3-23-14(22)13-11(17)12(19-15(16)20-13)10-7(2)4-5-9-8(10)6-18-21-9/h4-6H,3,17H2,1-2H3,(H,18,21). The molecule has 0 atom stereocenters. The Kier molecular flexibility index (Phi) is 3.87. The molecule has 0 spiro atoms. The molecule has 0 fully saturated rings. The molecule has 0 aliphatic heterocycles. The molecule has 0 saturated carbocycles. The molecule has 0 aliphatic rings. The minimum Gasteiger partial charge on any atom is -0.461 e. The highest BCUT2D eigenvalue weighted by molar-refractivity contribution is 6.28. The van der Waals surface area contributed by atoms with E-state index in [4.69, 9.17) is 22.1 Å². The van der Waals surface area contributed by atoms with Crippen LogP contribution in [0.2, 0.25) is 5.28 Å². The summed E-state index contributed by atoms with van der Waals surface area (Å²) in [7, 11) is 0. The predicted molar refractivity (Wildman–Crippen MR) is 87.2 cm³/mol. The van der Waals surface area contributed by atoms with Gasteiger partial charge in [0.2, 0.25) is 5.28 Å². The van der Waals surface area contributed by atoms with Gasteiger partial charge in [-0.2, -0.15) is 5.10 Å². The van der Waals surface area contributed by atoms with E-state index in [1.165, 1.54) is 0 Å². The zero-order valence-corrected chi connectivity index (χ0v) is 13.3. The number of rotatable bonds is 3. The van der Waals surface area contributed by atoms with E-state index < -0.39 is 5.97 Å². The molecular weight excluding hydrogens is 318 g/mol. The fourth-order valence-corrected chi connectivity index (χ4v) is 2.60. The number of benzene rings is 1. The molecule has 2 aromatic heterocycles. The Bertz CT molecular complexity index is 906. The summed E-state index contributed by atoms with van der Waals surface area (Å²) in [6.45, 7) is 3.83.